The van der Waals surface area contributed by atoms with Gasteiger partial charge in [0.25, 0.3) is 0 Å². The predicted molar refractivity (Wildman–Crippen MR) is 83.8 cm³/mol. The fraction of sp³-hybridized carbons (Fsp3) is 0.444. The molecule has 0 bridgehead atoms. The Morgan fingerprint density at radius 2 is 1.86 bits per heavy atom. The van der Waals surface area contributed by atoms with Crippen LogP contribution in [0.5, 0.6) is 0 Å². The van der Waals surface area contributed by atoms with Crippen LogP contribution in [0.3, 0.4) is 0 Å². The maximum Gasteiger partial charge on any atom is 0.234 e. The molecule has 1 aliphatic heterocycles. The Labute approximate surface area is 130 Å². The van der Waals surface area contributed by atoms with Crippen LogP contribution in [0, 0.1) is 11.3 Å². The molecule has 2 aliphatic rings. The number of hydrogen-bond acceptors (Lipinski definition) is 4. The number of aromatic nitrogens is 1. The van der Waals surface area contributed by atoms with Gasteiger partial charge >= 0.3 is 0 Å². The van der Waals surface area contributed by atoms with E-state index in [2.05, 4.69) is 40.2 Å². The third kappa shape index (κ3) is 2.37. The summed E-state index contributed by atoms with van der Waals surface area (Å²) in [6.45, 7) is 1.94. The standard InChI is InChI=1S/C18H19N3O/c19-12-16-18(21-9-5-2-6-10-21)22-17(20-16)15-11-14(15)13-7-3-1-4-8-13/h1,3-4,7-8,14-15H,2,5-6,9-11H2. The number of hydrogen-bond donors (Lipinski definition) is 0. The van der Waals surface area contributed by atoms with E-state index in [-0.39, 0.29) is 0 Å². The quantitative estimate of drug-likeness (QED) is 0.863. The van der Waals surface area contributed by atoms with Crippen LogP contribution in [-0.2, 0) is 0 Å². The average Bonchev–Trinajstić information content (AvgIpc) is 3.28. The fourth-order valence-corrected chi connectivity index (χ4v) is 3.41. The first-order valence-corrected chi connectivity index (χ1v) is 8.07. The van der Waals surface area contributed by atoms with Crippen LogP contribution in [0.15, 0.2) is 34.7 Å². The van der Waals surface area contributed by atoms with Crippen molar-refractivity contribution in [1.29, 1.82) is 5.26 Å². The maximum atomic E-state index is 9.35. The van der Waals surface area contributed by atoms with Crippen molar-refractivity contribution >= 4 is 5.88 Å². The van der Waals surface area contributed by atoms with Crippen molar-refractivity contribution in [3.05, 3.63) is 47.5 Å². The SMILES string of the molecule is N#Cc1nc(C2CC2c2ccccc2)oc1N1CCCCC1. The molecule has 2 fully saturated rings. The van der Waals surface area contributed by atoms with Crippen LogP contribution in [0.25, 0.3) is 0 Å². The van der Waals surface area contributed by atoms with Gasteiger partial charge in [-0.15, -0.1) is 0 Å². The molecule has 1 aromatic carbocycles. The Balaban J connectivity index is 1.57. The zero-order valence-corrected chi connectivity index (χ0v) is 12.5. The Hall–Kier alpha value is -2.28. The second-order valence-corrected chi connectivity index (χ2v) is 6.22. The number of rotatable bonds is 3. The van der Waals surface area contributed by atoms with Crippen molar-refractivity contribution < 1.29 is 4.42 Å². The van der Waals surface area contributed by atoms with E-state index in [4.69, 9.17) is 4.42 Å². The number of oxazole rings is 1. The number of benzene rings is 1. The van der Waals surface area contributed by atoms with Gasteiger partial charge in [-0.25, -0.2) is 4.98 Å². The Morgan fingerprint density at radius 1 is 1.09 bits per heavy atom. The summed E-state index contributed by atoms with van der Waals surface area (Å²) in [7, 11) is 0. The zero-order chi connectivity index (χ0) is 14.9. The number of nitriles is 1. The summed E-state index contributed by atoms with van der Waals surface area (Å²) >= 11 is 0. The second kappa shape index (κ2) is 5.49. The minimum Gasteiger partial charge on any atom is -0.423 e. The highest BCUT2D eigenvalue weighted by atomic mass is 16.4. The topological polar surface area (TPSA) is 53.1 Å². The van der Waals surface area contributed by atoms with Crippen LogP contribution in [0.2, 0.25) is 0 Å². The van der Waals surface area contributed by atoms with Crippen molar-refractivity contribution in [1.82, 2.24) is 4.98 Å². The molecule has 2 heterocycles. The van der Waals surface area contributed by atoms with Crippen molar-refractivity contribution in [2.45, 2.75) is 37.5 Å². The molecule has 2 aromatic rings. The van der Waals surface area contributed by atoms with Crippen molar-refractivity contribution in [2.75, 3.05) is 18.0 Å². The third-order valence-electron chi connectivity index (χ3n) is 4.71. The molecule has 1 aliphatic carbocycles. The fourth-order valence-electron chi connectivity index (χ4n) is 3.41. The third-order valence-corrected chi connectivity index (χ3v) is 4.71. The Morgan fingerprint density at radius 3 is 2.59 bits per heavy atom. The zero-order valence-electron chi connectivity index (χ0n) is 12.5. The molecule has 112 valence electrons. The van der Waals surface area contributed by atoms with Gasteiger partial charge < -0.3 is 9.32 Å². The molecule has 0 radical (unpaired) electrons. The summed E-state index contributed by atoms with van der Waals surface area (Å²) in [5.41, 5.74) is 1.79. The normalized spacial score (nSPS) is 24.0. The van der Waals surface area contributed by atoms with E-state index in [9.17, 15) is 5.26 Å². The van der Waals surface area contributed by atoms with Crippen LogP contribution < -0.4 is 4.90 Å². The van der Waals surface area contributed by atoms with Crippen LogP contribution in [0.4, 0.5) is 5.88 Å². The number of piperidine rings is 1. The van der Waals surface area contributed by atoms with Crippen molar-refractivity contribution in [2.24, 2.45) is 0 Å². The molecule has 1 saturated carbocycles. The lowest BCUT2D eigenvalue weighted by Crippen LogP contribution is -2.29. The van der Waals surface area contributed by atoms with Gasteiger partial charge in [0.2, 0.25) is 17.5 Å². The largest absolute Gasteiger partial charge is 0.423 e. The van der Waals surface area contributed by atoms with Crippen molar-refractivity contribution in [3.8, 4) is 6.07 Å². The summed E-state index contributed by atoms with van der Waals surface area (Å²) < 4.78 is 6.01. The summed E-state index contributed by atoms with van der Waals surface area (Å²) in [4.78, 5) is 6.65. The Bertz CT molecular complexity index is 695. The summed E-state index contributed by atoms with van der Waals surface area (Å²) in [5, 5.41) is 9.35. The van der Waals surface area contributed by atoms with Gasteiger partial charge in [0.05, 0.1) is 0 Å². The molecule has 4 heteroatoms. The van der Waals surface area contributed by atoms with Crippen LogP contribution in [-0.4, -0.2) is 18.1 Å². The van der Waals surface area contributed by atoms with E-state index >= 15 is 0 Å². The molecular weight excluding hydrogens is 274 g/mol. The monoisotopic (exact) mass is 293 g/mol. The van der Waals surface area contributed by atoms with E-state index in [1.165, 1.54) is 12.0 Å². The summed E-state index contributed by atoms with van der Waals surface area (Å²) in [5.74, 6) is 2.25. The van der Waals surface area contributed by atoms with E-state index < -0.39 is 0 Å². The molecule has 1 saturated heterocycles. The van der Waals surface area contributed by atoms with E-state index in [1.54, 1.807) is 0 Å². The molecule has 4 rings (SSSR count). The molecule has 4 nitrogen and oxygen atoms in total. The van der Waals surface area contributed by atoms with E-state index in [1.807, 2.05) is 6.07 Å². The molecule has 2 unspecified atom stereocenters. The number of anilines is 1. The van der Waals surface area contributed by atoms with Gasteiger partial charge in [0.15, 0.2) is 0 Å². The molecule has 1 aromatic heterocycles. The highest BCUT2D eigenvalue weighted by Gasteiger charge is 2.44. The number of nitrogens with zero attached hydrogens (tertiary/aromatic N) is 3. The molecular formula is C18H19N3O. The first kappa shape index (κ1) is 13.4. The van der Waals surface area contributed by atoms with Gasteiger partial charge in [-0.2, -0.15) is 5.26 Å². The predicted octanol–water partition coefficient (Wildman–Crippen LogP) is 3.81. The van der Waals surface area contributed by atoms with Gasteiger partial charge in [-0.05, 0) is 37.2 Å². The summed E-state index contributed by atoms with van der Waals surface area (Å²) in [6.07, 6.45) is 4.65. The molecule has 0 spiro atoms. The van der Waals surface area contributed by atoms with E-state index in [0.29, 0.717) is 23.4 Å². The smallest absolute Gasteiger partial charge is 0.234 e. The molecule has 22 heavy (non-hydrogen) atoms. The average molecular weight is 293 g/mol. The minimum atomic E-state index is 0.327. The highest BCUT2D eigenvalue weighted by Crippen LogP contribution is 2.54. The highest BCUT2D eigenvalue weighted by molar-refractivity contribution is 5.49. The lowest BCUT2D eigenvalue weighted by molar-refractivity contribution is 0.463. The van der Waals surface area contributed by atoms with Crippen LogP contribution >= 0.6 is 0 Å². The first-order chi connectivity index (χ1) is 10.9. The second-order valence-electron chi connectivity index (χ2n) is 6.22. The van der Waals surface area contributed by atoms with Gasteiger partial charge in [0.1, 0.15) is 6.07 Å². The minimum absolute atomic E-state index is 0.327. The van der Waals surface area contributed by atoms with Gasteiger partial charge in [0, 0.05) is 19.0 Å². The molecule has 0 amide bonds. The maximum absolute atomic E-state index is 9.35. The van der Waals surface area contributed by atoms with Gasteiger partial charge in [-0.1, -0.05) is 30.3 Å². The van der Waals surface area contributed by atoms with Crippen molar-refractivity contribution in [3.63, 3.8) is 0 Å². The van der Waals surface area contributed by atoms with Gasteiger partial charge in [-0.3, -0.25) is 0 Å². The lowest BCUT2D eigenvalue weighted by Gasteiger charge is -2.25. The van der Waals surface area contributed by atoms with E-state index in [0.717, 1.165) is 38.2 Å². The first-order valence-electron chi connectivity index (χ1n) is 8.07. The summed E-state index contributed by atoms with van der Waals surface area (Å²) in [6, 6.07) is 12.7. The Kier molecular flexibility index (Phi) is 3.34. The lowest BCUT2D eigenvalue weighted by atomic mass is 10.1. The molecule has 0 N–H and O–H groups in total. The van der Waals surface area contributed by atoms with Crippen LogP contribution in [0.1, 0.15) is 54.7 Å². The molecule has 2 atom stereocenters.